The Kier molecular flexibility index (Phi) is 5.50. The van der Waals surface area contributed by atoms with Crippen molar-refractivity contribution < 1.29 is 9.21 Å². The molecule has 20 heavy (non-hydrogen) atoms. The Hall–Kier alpha value is -1.45. The van der Waals surface area contributed by atoms with Crippen LogP contribution in [0.1, 0.15) is 17.7 Å². The quantitative estimate of drug-likeness (QED) is 0.879. The first kappa shape index (κ1) is 14.9. The lowest BCUT2D eigenvalue weighted by atomic mass is 10.1. The average molecular weight is 312 g/mol. The van der Waals surface area contributed by atoms with Gasteiger partial charge in [-0.15, -0.1) is 0 Å². The van der Waals surface area contributed by atoms with Crippen LogP contribution in [-0.4, -0.2) is 12.5 Å². The number of furan rings is 1. The number of rotatable bonds is 6. The number of benzene rings is 1. The van der Waals surface area contributed by atoms with E-state index in [-0.39, 0.29) is 5.91 Å². The summed E-state index contributed by atoms with van der Waals surface area (Å²) in [4.78, 5) is 11.7. The van der Waals surface area contributed by atoms with Gasteiger partial charge in [0.05, 0.1) is 6.26 Å². The highest BCUT2D eigenvalue weighted by atomic mass is 35.5. The average Bonchev–Trinajstić information content (AvgIpc) is 2.92. The smallest absolute Gasteiger partial charge is 0.220 e. The van der Waals surface area contributed by atoms with Crippen molar-refractivity contribution in [2.45, 2.75) is 19.3 Å². The lowest BCUT2D eigenvalue weighted by molar-refractivity contribution is -0.121. The Morgan fingerprint density at radius 1 is 1.20 bits per heavy atom. The number of hydrogen-bond acceptors (Lipinski definition) is 2. The van der Waals surface area contributed by atoms with Gasteiger partial charge in [0.25, 0.3) is 0 Å². The molecule has 2 rings (SSSR count). The van der Waals surface area contributed by atoms with Crippen molar-refractivity contribution in [3.63, 3.8) is 0 Å². The third-order valence-electron chi connectivity index (χ3n) is 2.91. The molecule has 1 aromatic carbocycles. The number of amides is 1. The molecule has 1 N–H and O–H groups in total. The van der Waals surface area contributed by atoms with Crippen molar-refractivity contribution >= 4 is 29.1 Å². The molecule has 1 amide bonds. The van der Waals surface area contributed by atoms with Crippen LogP contribution >= 0.6 is 23.2 Å². The van der Waals surface area contributed by atoms with Crippen molar-refractivity contribution in [1.82, 2.24) is 5.32 Å². The summed E-state index contributed by atoms with van der Waals surface area (Å²) in [6.45, 7) is 0.554. The van der Waals surface area contributed by atoms with Gasteiger partial charge in [0.15, 0.2) is 0 Å². The van der Waals surface area contributed by atoms with E-state index >= 15 is 0 Å². The topological polar surface area (TPSA) is 42.2 Å². The molecule has 3 nitrogen and oxygen atoms in total. The highest BCUT2D eigenvalue weighted by molar-refractivity contribution is 6.35. The molecule has 0 aliphatic rings. The van der Waals surface area contributed by atoms with E-state index in [0.717, 1.165) is 11.3 Å². The normalized spacial score (nSPS) is 10.5. The van der Waals surface area contributed by atoms with Gasteiger partial charge < -0.3 is 9.73 Å². The van der Waals surface area contributed by atoms with Gasteiger partial charge in [0.2, 0.25) is 5.91 Å². The summed E-state index contributed by atoms with van der Waals surface area (Å²) in [6.07, 6.45) is 3.32. The standard InChI is InChI=1S/C15H15Cl2NO2/c16-12-4-3-11(14(17)10-12)7-8-18-15(19)6-5-13-2-1-9-20-13/h1-4,9-10H,5-8H2,(H,18,19). The van der Waals surface area contributed by atoms with Crippen LogP contribution in [0.5, 0.6) is 0 Å². The third kappa shape index (κ3) is 4.58. The Balaban J connectivity index is 1.71. The Morgan fingerprint density at radius 3 is 2.75 bits per heavy atom. The van der Waals surface area contributed by atoms with Crippen LogP contribution in [0.3, 0.4) is 0 Å². The lowest BCUT2D eigenvalue weighted by Crippen LogP contribution is -2.25. The second kappa shape index (κ2) is 7.36. The van der Waals surface area contributed by atoms with E-state index in [2.05, 4.69) is 5.32 Å². The van der Waals surface area contributed by atoms with Crippen molar-refractivity contribution in [1.29, 1.82) is 0 Å². The molecule has 1 heterocycles. The van der Waals surface area contributed by atoms with Crippen molar-refractivity contribution in [3.05, 3.63) is 58.0 Å². The zero-order chi connectivity index (χ0) is 14.4. The molecule has 0 aliphatic carbocycles. The minimum atomic E-state index is 0.00601. The molecule has 0 saturated heterocycles. The van der Waals surface area contributed by atoms with Crippen LogP contribution < -0.4 is 5.32 Å². The molecule has 0 unspecified atom stereocenters. The fourth-order valence-electron chi connectivity index (χ4n) is 1.84. The first-order valence-electron chi connectivity index (χ1n) is 6.38. The molecule has 5 heteroatoms. The molecule has 0 fully saturated rings. The Bertz CT molecular complexity index is 567. The number of carbonyl (C=O) groups is 1. The van der Waals surface area contributed by atoms with Crippen LogP contribution in [0.4, 0.5) is 0 Å². The van der Waals surface area contributed by atoms with Crippen LogP contribution in [-0.2, 0) is 17.6 Å². The first-order chi connectivity index (χ1) is 9.65. The fraction of sp³-hybridized carbons (Fsp3) is 0.267. The lowest BCUT2D eigenvalue weighted by Gasteiger charge is -2.06. The maximum absolute atomic E-state index is 11.7. The summed E-state index contributed by atoms with van der Waals surface area (Å²) < 4.78 is 5.17. The summed E-state index contributed by atoms with van der Waals surface area (Å²) in [7, 11) is 0. The Labute approximate surface area is 127 Å². The molecule has 0 aliphatic heterocycles. The molecule has 1 aromatic heterocycles. The van der Waals surface area contributed by atoms with Gasteiger partial charge in [-0.25, -0.2) is 0 Å². The second-order valence-corrected chi connectivity index (χ2v) is 5.26. The van der Waals surface area contributed by atoms with Gasteiger partial charge in [0, 0.05) is 29.4 Å². The van der Waals surface area contributed by atoms with Gasteiger partial charge in [-0.2, -0.15) is 0 Å². The minimum Gasteiger partial charge on any atom is -0.469 e. The predicted octanol–water partition coefficient (Wildman–Crippen LogP) is 3.88. The van der Waals surface area contributed by atoms with Crippen molar-refractivity contribution in [2.24, 2.45) is 0 Å². The van der Waals surface area contributed by atoms with E-state index in [1.807, 2.05) is 18.2 Å². The second-order valence-electron chi connectivity index (χ2n) is 4.42. The molecule has 0 saturated carbocycles. The van der Waals surface area contributed by atoms with Crippen molar-refractivity contribution in [3.8, 4) is 0 Å². The third-order valence-corrected chi connectivity index (χ3v) is 3.50. The molecule has 0 spiro atoms. The maximum Gasteiger partial charge on any atom is 0.220 e. The molecular weight excluding hydrogens is 297 g/mol. The van der Waals surface area contributed by atoms with E-state index in [1.54, 1.807) is 18.4 Å². The van der Waals surface area contributed by atoms with Crippen LogP contribution in [0, 0.1) is 0 Å². The molecule has 0 atom stereocenters. The van der Waals surface area contributed by atoms with Crippen LogP contribution in [0.15, 0.2) is 41.0 Å². The fourth-order valence-corrected chi connectivity index (χ4v) is 2.34. The van der Waals surface area contributed by atoms with E-state index in [0.29, 0.717) is 35.9 Å². The molecule has 2 aromatic rings. The summed E-state index contributed by atoms with van der Waals surface area (Å²) in [5.74, 6) is 0.826. The number of carbonyl (C=O) groups excluding carboxylic acids is 1. The van der Waals surface area contributed by atoms with Crippen LogP contribution in [0.25, 0.3) is 0 Å². The van der Waals surface area contributed by atoms with Gasteiger partial charge in [-0.3, -0.25) is 4.79 Å². The first-order valence-corrected chi connectivity index (χ1v) is 7.14. The molecular formula is C15H15Cl2NO2. The van der Waals surface area contributed by atoms with Gasteiger partial charge in [0.1, 0.15) is 5.76 Å². The number of halogens is 2. The highest BCUT2D eigenvalue weighted by Gasteiger charge is 2.05. The predicted molar refractivity (Wildman–Crippen MR) is 80.2 cm³/mol. The summed E-state index contributed by atoms with van der Waals surface area (Å²) in [5.41, 5.74) is 0.974. The van der Waals surface area contributed by atoms with Crippen LogP contribution in [0.2, 0.25) is 10.0 Å². The van der Waals surface area contributed by atoms with E-state index in [1.165, 1.54) is 0 Å². The summed E-state index contributed by atoms with van der Waals surface area (Å²) in [6, 6.07) is 9.05. The van der Waals surface area contributed by atoms with E-state index < -0.39 is 0 Å². The summed E-state index contributed by atoms with van der Waals surface area (Å²) in [5, 5.41) is 4.10. The van der Waals surface area contributed by atoms with Gasteiger partial charge in [-0.05, 0) is 36.2 Å². The zero-order valence-corrected chi connectivity index (χ0v) is 12.4. The number of nitrogens with one attached hydrogen (secondary N) is 1. The Morgan fingerprint density at radius 2 is 2.05 bits per heavy atom. The minimum absolute atomic E-state index is 0.00601. The van der Waals surface area contributed by atoms with E-state index in [9.17, 15) is 4.79 Å². The van der Waals surface area contributed by atoms with Crippen molar-refractivity contribution in [2.75, 3.05) is 6.54 Å². The molecule has 0 radical (unpaired) electrons. The summed E-state index contributed by atoms with van der Waals surface area (Å²) >= 11 is 11.9. The maximum atomic E-state index is 11.7. The van der Waals surface area contributed by atoms with Gasteiger partial charge in [-0.1, -0.05) is 29.3 Å². The zero-order valence-electron chi connectivity index (χ0n) is 10.9. The SMILES string of the molecule is O=C(CCc1ccco1)NCCc1ccc(Cl)cc1Cl. The molecule has 106 valence electrons. The monoisotopic (exact) mass is 311 g/mol. The largest absolute Gasteiger partial charge is 0.469 e. The number of aryl methyl sites for hydroxylation is 1. The molecule has 0 bridgehead atoms. The van der Waals surface area contributed by atoms with E-state index in [4.69, 9.17) is 27.6 Å². The number of hydrogen-bond donors (Lipinski definition) is 1. The highest BCUT2D eigenvalue weighted by Crippen LogP contribution is 2.21. The van der Waals surface area contributed by atoms with Gasteiger partial charge >= 0.3 is 0 Å².